The predicted octanol–water partition coefficient (Wildman–Crippen LogP) is 3.42. The van der Waals surface area contributed by atoms with Crippen molar-refractivity contribution in [2.75, 3.05) is 0 Å². The van der Waals surface area contributed by atoms with Crippen molar-refractivity contribution in [3.05, 3.63) is 64.7 Å². The lowest BCUT2D eigenvalue weighted by molar-refractivity contribution is -0.120. The van der Waals surface area contributed by atoms with E-state index < -0.39 is 0 Å². The fourth-order valence-corrected chi connectivity index (χ4v) is 3.31. The van der Waals surface area contributed by atoms with Gasteiger partial charge in [0.15, 0.2) is 0 Å². The van der Waals surface area contributed by atoms with Crippen LogP contribution in [0.15, 0.2) is 53.7 Å². The van der Waals surface area contributed by atoms with Crippen molar-refractivity contribution >= 4 is 29.3 Å². The van der Waals surface area contributed by atoms with Gasteiger partial charge >= 0.3 is 0 Å². The maximum Gasteiger partial charge on any atom is 0.233 e. The van der Waals surface area contributed by atoms with Crippen molar-refractivity contribution in [2.24, 2.45) is 0 Å². The summed E-state index contributed by atoms with van der Waals surface area (Å²) in [5, 5.41) is 15.5. The van der Waals surface area contributed by atoms with Gasteiger partial charge in [-0.05, 0) is 48.0 Å². The Balaban J connectivity index is 1.64. The highest BCUT2D eigenvalue weighted by Gasteiger charge is 2.19. The molecule has 1 heterocycles. The largest absolute Gasteiger partial charge is 0.351 e. The molecule has 0 saturated heterocycles. The molecule has 6 nitrogen and oxygen atoms in total. The smallest absolute Gasteiger partial charge is 0.233 e. The lowest BCUT2D eigenvalue weighted by Crippen LogP contribution is -2.30. The Kier molecular flexibility index (Phi) is 5.90. The van der Waals surface area contributed by atoms with Crippen LogP contribution in [0.25, 0.3) is 5.69 Å². The number of hydrogen-bond donors (Lipinski definition) is 1. The van der Waals surface area contributed by atoms with Crippen LogP contribution in [0, 0.1) is 6.92 Å². The Bertz CT molecular complexity index is 897. The van der Waals surface area contributed by atoms with Gasteiger partial charge in [0.05, 0.1) is 10.9 Å². The second kappa shape index (κ2) is 8.33. The third-order valence-electron chi connectivity index (χ3n) is 3.78. The third-order valence-corrected chi connectivity index (χ3v) is 5.18. The second-order valence-electron chi connectivity index (χ2n) is 5.78. The van der Waals surface area contributed by atoms with Crippen molar-refractivity contribution in [1.29, 1.82) is 0 Å². The maximum atomic E-state index is 12.4. The molecule has 3 rings (SSSR count). The van der Waals surface area contributed by atoms with Crippen molar-refractivity contribution in [2.45, 2.75) is 30.8 Å². The molecule has 1 N–H and O–H groups in total. The molecule has 1 amide bonds. The summed E-state index contributed by atoms with van der Waals surface area (Å²) < 4.78 is 1.63. The molecule has 0 aliphatic rings. The van der Waals surface area contributed by atoms with Crippen LogP contribution in [-0.2, 0) is 11.3 Å². The molecule has 0 saturated carbocycles. The van der Waals surface area contributed by atoms with Gasteiger partial charge in [0.25, 0.3) is 0 Å². The fourth-order valence-electron chi connectivity index (χ4n) is 2.28. The average molecular weight is 388 g/mol. The SMILES string of the molecule is Cc1ccc(-n2nnnc2SC(C)C(=O)NCc2ccccc2Cl)cc1. The Morgan fingerprint density at radius 2 is 1.96 bits per heavy atom. The number of carbonyl (C=O) groups is 1. The number of tetrazole rings is 1. The molecule has 134 valence electrons. The standard InChI is InChI=1S/C18H18ClN5OS/c1-12-7-9-15(10-8-12)24-18(21-22-23-24)26-13(2)17(25)20-11-14-5-3-4-6-16(14)19/h3-10,13H,11H2,1-2H3,(H,20,25). The van der Waals surface area contributed by atoms with Crippen LogP contribution in [0.1, 0.15) is 18.1 Å². The van der Waals surface area contributed by atoms with Crippen molar-refractivity contribution < 1.29 is 4.79 Å². The highest BCUT2D eigenvalue weighted by molar-refractivity contribution is 8.00. The van der Waals surface area contributed by atoms with Gasteiger partial charge in [-0.1, -0.05) is 59.3 Å². The van der Waals surface area contributed by atoms with E-state index in [2.05, 4.69) is 20.8 Å². The topological polar surface area (TPSA) is 72.7 Å². The van der Waals surface area contributed by atoms with Crippen molar-refractivity contribution in [3.8, 4) is 5.69 Å². The van der Waals surface area contributed by atoms with Crippen LogP contribution in [-0.4, -0.2) is 31.4 Å². The maximum absolute atomic E-state index is 12.4. The average Bonchev–Trinajstić information content (AvgIpc) is 3.09. The number of hydrogen-bond acceptors (Lipinski definition) is 5. The van der Waals surface area contributed by atoms with Gasteiger partial charge in [-0.25, -0.2) is 0 Å². The molecule has 1 atom stereocenters. The normalized spacial score (nSPS) is 12.0. The van der Waals surface area contributed by atoms with E-state index >= 15 is 0 Å². The number of rotatable bonds is 6. The predicted molar refractivity (Wildman–Crippen MR) is 103 cm³/mol. The zero-order chi connectivity index (χ0) is 18.5. The van der Waals surface area contributed by atoms with Gasteiger partial charge in [-0.3, -0.25) is 4.79 Å². The zero-order valence-electron chi connectivity index (χ0n) is 14.4. The highest BCUT2D eigenvalue weighted by atomic mass is 35.5. The summed E-state index contributed by atoms with van der Waals surface area (Å²) >= 11 is 7.42. The number of nitrogens with one attached hydrogen (secondary N) is 1. The number of carbonyl (C=O) groups excluding carboxylic acids is 1. The molecule has 0 radical (unpaired) electrons. The Labute approximate surface area is 160 Å². The van der Waals surface area contributed by atoms with Crippen molar-refractivity contribution in [1.82, 2.24) is 25.5 Å². The van der Waals surface area contributed by atoms with Gasteiger partial charge in [-0.15, -0.1) is 5.10 Å². The van der Waals surface area contributed by atoms with E-state index in [-0.39, 0.29) is 11.2 Å². The van der Waals surface area contributed by atoms with E-state index in [0.717, 1.165) is 16.8 Å². The number of halogens is 1. The van der Waals surface area contributed by atoms with E-state index in [1.165, 1.54) is 11.8 Å². The lowest BCUT2D eigenvalue weighted by Gasteiger charge is -2.12. The van der Waals surface area contributed by atoms with Crippen LogP contribution in [0.3, 0.4) is 0 Å². The Morgan fingerprint density at radius 1 is 1.23 bits per heavy atom. The first-order valence-corrected chi connectivity index (χ1v) is 9.33. The summed E-state index contributed by atoms with van der Waals surface area (Å²) in [5.74, 6) is -0.103. The summed E-state index contributed by atoms with van der Waals surface area (Å²) in [6.45, 7) is 4.22. The molecule has 0 bridgehead atoms. The molecule has 1 unspecified atom stereocenters. The number of benzene rings is 2. The Morgan fingerprint density at radius 3 is 2.69 bits per heavy atom. The number of aromatic nitrogens is 4. The van der Waals surface area contributed by atoms with E-state index in [9.17, 15) is 4.79 Å². The molecule has 0 aliphatic carbocycles. The van der Waals surface area contributed by atoms with E-state index in [1.807, 2.05) is 56.3 Å². The van der Waals surface area contributed by atoms with Crippen LogP contribution < -0.4 is 5.32 Å². The summed E-state index contributed by atoms with van der Waals surface area (Å²) in [4.78, 5) is 12.4. The second-order valence-corrected chi connectivity index (χ2v) is 7.49. The third kappa shape index (κ3) is 4.42. The van der Waals surface area contributed by atoms with Gasteiger partial charge in [-0.2, -0.15) is 4.68 Å². The number of amides is 1. The lowest BCUT2D eigenvalue weighted by atomic mass is 10.2. The van der Waals surface area contributed by atoms with E-state index in [0.29, 0.717) is 16.7 Å². The van der Waals surface area contributed by atoms with Crippen LogP contribution in [0.4, 0.5) is 0 Å². The van der Waals surface area contributed by atoms with Gasteiger partial charge < -0.3 is 5.32 Å². The van der Waals surface area contributed by atoms with Crippen LogP contribution in [0.5, 0.6) is 0 Å². The minimum Gasteiger partial charge on any atom is -0.351 e. The first-order valence-electron chi connectivity index (χ1n) is 8.08. The molecule has 2 aromatic carbocycles. The van der Waals surface area contributed by atoms with E-state index in [1.54, 1.807) is 10.7 Å². The molecular weight excluding hydrogens is 370 g/mol. The van der Waals surface area contributed by atoms with Gasteiger partial charge in [0, 0.05) is 11.6 Å². The minimum absolute atomic E-state index is 0.103. The first kappa shape index (κ1) is 18.4. The minimum atomic E-state index is -0.354. The Hall–Kier alpha value is -2.38. The molecule has 8 heteroatoms. The first-order chi connectivity index (χ1) is 12.5. The molecule has 26 heavy (non-hydrogen) atoms. The van der Waals surface area contributed by atoms with Gasteiger partial charge in [0.1, 0.15) is 0 Å². The summed E-state index contributed by atoms with van der Waals surface area (Å²) in [7, 11) is 0. The molecule has 0 fully saturated rings. The number of nitrogens with zero attached hydrogens (tertiary/aromatic N) is 4. The summed E-state index contributed by atoms with van der Waals surface area (Å²) in [6.07, 6.45) is 0. The molecule has 1 aromatic heterocycles. The zero-order valence-corrected chi connectivity index (χ0v) is 16.0. The molecule has 3 aromatic rings. The molecule has 0 spiro atoms. The molecule has 0 aliphatic heterocycles. The monoisotopic (exact) mass is 387 g/mol. The summed E-state index contributed by atoms with van der Waals surface area (Å²) in [5.41, 5.74) is 2.89. The fraction of sp³-hybridized carbons (Fsp3) is 0.222. The van der Waals surface area contributed by atoms with Crippen molar-refractivity contribution in [3.63, 3.8) is 0 Å². The number of thioether (sulfide) groups is 1. The molecular formula is C18H18ClN5OS. The summed E-state index contributed by atoms with van der Waals surface area (Å²) in [6, 6.07) is 15.3. The quantitative estimate of drug-likeness (QED) is 0.656. The van der Waals surface area contributed by atoms with Crippen LogP contribution in [0.2, 0.25) is 5.02 Å². The number of aryl methyl sites for hydroxylation is 1. The van der Waals surface area contributed by atoms with Crippen LogP contribution >= 0.6 is 23.4 Å². The highest BCUT2D eigenvalue weighted by Crippen LogP contribution is 2.23. The van der Waals surface area contributed by atoms with E-state index in [4.69, 9.17) is 11.6 Å². The van der Waals surface area contributed by atoms with Gasteiger partial charge in [0.2, 0.25) is 11.1 Å².